The zero-order chi connectivity index (χ0) is 15.7. The van der Waals surface area contributed by atoms with Crippen molar-refractivity contribution in [1.82, 2.24) is 4.31 Å². The van der Waals surface area contributed by atoms with E-state index in [2.05, 4.69) is 0 Å². The Morgan fingerprint density at radius 1 is 1.14 bits per heavy atom. The molecule has 1 aromatic carbocycles. The maximum absolute atomic E-state index is 13.2. The molecule has 3 rings (SSSR count). The predicted molar refractivity (Wildman–Crippen MR) is 86.6 cm³/mol. The van der Waals surface area contributed by atoms with Gasteiger partial charge in [0.15, 0.2) is 0 Å². The summed E-state index contributed by atoms with van der Waals surface area (Å²) in [7, 11) is -1.96. The summed E-state index contributed by atoms with van der Waals surface area (Å²) in [6, 6.07) is 5.56. The molecule has 1 aliphatic heterocycles. The van der Waals surface area contributed by atoms with Crippen molar-refractivity contribution < 1.29 is 13.2 Å². The summed E-state index contributed by atoms with van der Waals surface area (Å²) in [6.07, 6.45) is 6.68. The van der Waals surface area contributed by atoms with E-state index in [4.69, 9.17) is 4.74 Å². The molecule has 1 saturated carbocycles. The molecule has 1 saturated heterocycles. The number of nitrogens with zero attached hydrogens (tertiary/aromatic N) is 1. The van der Waals surface area contributed by atoms with Crippen LogP contribution in [0, 0.1) is 12.8 Å². The standard InChI is InChI=1S/C17H25NO3S/c1-13-9-10-16(21-2)17(12-13)22(19,20)18-11-5-7-14-6-3-4-8-15(14)18/h9-10,12,14-15H,3-8,11H2,1-2H3. The first-order valence-electron chi connectivity index (χ1n) is 8.20. The monoisotopic (exact) mass is 323 g/mol. The van der Waals surface area contributed by atoms with Crippen LogP contribution in [-0.2, 0) is 10.0 Å². The second-order valence-corrected chi connectivity index (χ2v) is 8.38. The lowest BCUT2D eigenvalue weighted by atomic mass is 9.79. The number of methoxy groups -OCH3 is 1. The van der Waals surface area contributed by atoms with E-state index in [0.29, 0.717) is 23.1 Å². The lowest BCUT2D eigenvalue weighted by Crippen LogP contribution is -2.49. The number of piperidine rings is 1. The van der Waals surface area contributed by atoms with E-state index in [-0.39, 0.29) is 6.04 Å². The van der Waals surface area contributed by atoms with Crippen LogP contribution in [0.1, 0.15) is 44.1 Å². The van der Waals surface area contributed by atoms with E-state index in [1.54, 1.807) is 16.4 Å². The van der Waals surface area contributed by atoms with Crippen LogP contribution < -0.4 is 4.74 Å². The molecule has 1 aromatic rings. The summed E-state index contributed by atoms with van der Waals surface area (Å²) in [5.41, 5.74) is 0.941. The number of fused-ring (bicyclic) bond motifs is 1. The number of aryl methyl sites for hydroxylation is 1. The van der Waals surface area contributed by atoms with Crippen LogP contribution in [-0.4, -0.2) is 32.4 Å². The Bertz CT molecular complexity index is 639. The Morgan fingerprint density at radius 2 is 1.86 bits per heavy atom. The number of benzene rings is 1. The van der Waals surface area contributed by atoms with Crippen LogP contribution in [0.15, 0.2) is 23.1 Å². The molecule has 0 amide bonds. The lowest BCUT2D eigenvalue weighted by molar-refractivity contribution is 0.129. The molecule has 0 radical (unpaired) electrons. The van der Waals surface area contributed by atoms with Gasteiger partial charge in [-0.1, -0.05) is 18.9 Å². The van der Waals surface area contributed by atoms with Gasteiger partial charge in [-0.05, 0) is 56.2 Å². The van der Waals surface area contributed by atoms with Gasteiger partial charge < -0.3 is 4.74 Å². The van der Waals surface area contributed by atoms with Crippen LogP contribution in [0.3, 0.4) is 0 Å². The third-order valence-corrected chi connectivity index (χ3v) is 7.04. The highest BCUT2D eigenvalue weighted by Gasteiger charge is 2.40. The molecular weight excluding hydrogens is 298 g/mol. The fourth-order valence-electron chi connectivity index (χ4n) is 3.99. The van der Waals surface area contributed by atoms with Crippen LogP contribution in [0.5, 0.6) is 5.75 Å². The van der Waals surface area contributed by atoms with Crippen molar-refractivity contribution >= 4 is 10.0 Å². The molecule has 5 heteroatoms. The second kappa shape index (κ2) is 6.20. The van der Waals surface area contributed by atoms with Crippen molar-refractivity contribution in [3.05, 3.63) is 23.8 Å². The number of rotatable bonds is 3. The Kier molecular flexibility index (Phi) is 4.46. The normalized spacial score (nSPS) is 26.5. The molecule has 2 fully saturated rings. The molecule has 1 aliphatic carbocycles. The molecule has 0 aromatic heterocycles. The first-order valence-corrected chi connectivity index (χ1v) is 9.64. The molecule has 2 aliphatic rings. The minimum Gasteiger partial charge on any atom is -0.495 e. The molecule has 22 heavy (non-hydrogen) atoms. The quantitative estimate of drug-likeness (QED) is 0.857. The summed E-state index contributed by atoms with van der Waals surface area (Å²) < 4.78 is 33.5. The highest BCUT2D eigenvalue weighted by atomic mass is 32.2. The molecule has 122 valence electrons. The van der Waals surface area contributed by atoms with Crippen molar-refractivity contribution in [3.8, 4) is 5.75 Å². The SMILES string of the molecule is COc1ccc(C)cc1S(=O)(=O)N1CCCC2CCCCC21. The van der Waals surface area contributed by atoms with E-state index < -0.39 is 10.0 Å². The topological polar surface area (TPSA) is 46.6 Å². The minimum atomic E-state index is -3.49. The number of hydrogen-bond acceptors (Lipinski definition) is 3. The van der Waals surface area contributed by atoms with Crippen molar-refractivity contribution in [2.24, 2.45) is 5.92 Å². The van der Waals surface area contributed by atoms with Crippen LogP contribution in [0.4, 0.5) is 0 Å². The Labute approximate surface area is 133 Å². The number of sulfonamides is 1. The van der Waals surface area contributed by atoms with E-state index >= 15 is 0 Å². The largest absolute Gasteiger partial charge is 0.495 e. The Hall–Kier alpha value is -1.07. The minimum absolute atomic E-state index is 0.178. The zero-order valence-corrected chi connectivity index (χ0v) is 14.2. The summed E-state index contributed by atoms with van der Waals surface area (Å²) in [5.74, 6) is 0.983. The van der Waals surface area contributed by atoms with Gasteiger partial charge in [0.25, 0.3) is 0 Å². The van der Waals surface area contributed by atoms with Gasteiger partial charge in [-0.15, -0.1) is 0 Å². The van der Waals surface area contributed by atoms with Crippen LogP contribution >= 0.6 is 0 Å². The molecular formula is C17H25NO3S. The van der Waals surface area contributed by atoms with Gasteiger partial charge in [-0.3, -0.25) is 0 Å². The molecule has 0 N–H and O–H groups in total. The summed E-state index contributed by atoms with van der Waals surface area (Å²) in [5, 5.41) is 0. The molecule has 2 atom stereocenters. The van der Waals surface area contributed by atoms with Gasteiger partial charge in [0, 0.05) is 12.6 Å². The van der Waals surface area contributed by atoms with Crippen LogP contribution in [0.25, 0.3) is 0 Å². The van der Waals surface area contributed by atoms with Crippen molar-refractivity contribution in [2.45, 2.75) is 56.4 Å². The van der Waals surface area contributed by atoms with Gasteiger partial charge in [0.05, 0.1) is 7.11 Å². The summed E-state index contributed by atoms with van der Waals surface area (Å²) in [6.45, 7) is 2.55. The van der Waals surface area contributed by atoms with E-state index in [0.717, 1.165) is 24.8 Å². The second-order valence-electron chi connectivity index (χ2n) is 6.52. The van der Waals surface area contributed by atoms with Gasteiger partial charge in [-0.2, -0.15) is 4.31 Å². The average Bonchev–Trinajstić information content (AvgIpc) is 2.54. The number of ether oxygens (including phenoxy) is 1. The first-order chi connectivity index (χ1) is 10.5. The summed E-state index contributed by atoms with van der Waals surface area (Å²) >= 11 is 0. The average molecular weight is 323 g/mol. The highest BCUT2D eigenvalue weighted by Crippen LogP contribution is 2.39. The number of hydrogen-bond donors (Lipinski definition) is 0. The van der Waals surface area contributed by atoms with E-state index in [9.17, 15) is 8.42 Å². The lowest BCUT2D eigenvalue weighted by Gasteiger charge is -2.43. The summed E-state index contributed by atoms with van der Waals surface area (Å²) in [4.78, 5) is 0.321. The Balaban J connectivity index is 2.00. The molecule has 2 unspecified atom stereocenters. The maximum Gasteiger partial charge on any atom is 0.247 e. The third kappa shape index (κ3) is 2.76. The third-order valence-electron chi connectivity index (χ3n) is 5.10. The van der Waals surface area contributed by atoms with Gasteiger partial charge in [-0.25, -0.2) is 8.42 Å². The van der Waals surface area contributed by atoms with Crippen molar-refractivity contribution in [1.29, 1.82) is 0 Å². The maximum atomic E-state index is 13.2. The first kappa shape index (κ1) is 15.8. The smallest absolute Gasteiger partial charge is 0.247 e. The molecule has 0 spiro atoms. The van der Waals surface area contributed by atoms with Crippen LogP contribution in [0.2, 0.25) is 0 Å². The fraction of sp³-hybridized carbons (Fsp3) is 0.647. The Morgan fingerprint density at radius 3 is 2.64 bits per heavy atom. The van der Waals surface area contributed by atoms with Crippen molar-refractivity contribution in [2.75, 3.05) is 13.7 Å². The predicted octanol–water partition coefficient (Wildman–Crippen LogP) is 3.35. The van der Waals surface area contributed by atoms with E-state index in [1.165, 1.54) is 26.4 Å². The fourth-order valence-corrected chi connectivity index (χ4v) is 5.99. The van der Waals surface area contributed by atoms with Gasteiger partial charge in [0.1, 0.15) is 10.6 Å². The molecule has 4 nitrogen and oxygen atoms in total. The molecule has 1 heterocycles. The van der Waals surface area contributed by atoms with E-state index in [1.807, 2.05) is 13.0 Å². The molecule has 0 bridgehead atoms. The zero-order valence-electron chi connectivity index (χ0n) is 13.4. The van der Waals surface area contributed by atoms with Crippen molar-refractivity contribution in [3.63, 3.8) is 0 Å². The van der Waals surface area contributed by atoms with Gasteiger partial charge >= 0.3 is 0 Å². The highest BCUT2D eigenvalue weighted by molar-refractivity contribution is 7.89. The van der Waals surface area contributed by atoms with Gasteiger partial charge in [0.2, 0.25) is 10.0 Å².